The second-order valence-electron chi connectivity index (χ2n) is 14.3. The van der Waals surface area contributed by atoms with Gasteiger partial charge in [0.1, 0.15) is 6.10 Å². The number of hydrogen-bond acceptors (Lipinski definition) is 6. The minimum Gasteiger partial charge on any atom is -0.483 e. The van der Waals surface area contributed by atoms with Crippen LogP contribution in [-0.2, 0) is 27.6 Å². The number of likely N-dealkylation sites (tertiary alicyclic amines) is 1. The molecule has 7 rings (SSSR count). The first kappa shape index (κ1) is 31.2. The molecule has 5 atom stereocenters. The van der Waals surface area contributed by atoms with Crippen molar-refractivity contribution in [3.63, 3.8) is 0 Å². The first-order chi connectivity index (χ1) is 21.8. The van der Waals surface area contributed by atoms with Crippen LogP contribution in [0.5, 0.6) is 11.5 Å². The van der Waals surface area contributed by atoms with Crippen LogP contribution in [0.15, 0.2) is 42.5 Å². The van der Waals surface area contributed by atoms with Gasteiger partial charge < -0.3 is 19.5 Å². The molecule has 1 spiro atoms. The van der Waals surface area contributed by atoms with E-state index in [1.165, 1.54) is 38.0 Å². The number of carbonyl (C=O) groups excluding carboxylic acids is 2. The summed E-state index contributed by atoms with van der Waals surface area (Å²) in [6.07, 6.45) is 2.75. The number of rotatable bonds is 8. The second kappa shape index (κ2) is 11.1. The summed E-state index contributed by atoms with van der Waals surface area (Å²) in [6.45, 7) is 7.63. The summed E-state index contributed by atoms with van der Waals surface area (Å²) in [5, 5.41) is 12.9. The molecule has 2 aromatic rings. The van der Waals surface area contributed by atoms with Crippen LogP contribution in [-0.4, -0.2) is 70.2 Å². The van der Waals surface area contributed by atoms with E-state index in [-0.39, 0.29) is 23.9 Å². The van der Waals surface area contributed by atoms with Gasteiger partial charge in [-0.05, 0) is 92.3 Å². The van der Waals surface area contributed by atoms with Crippen LogP contribution in [0.1, 0.15) is 75.1 Å². The number of halogens is 3. The van der Waals surface area contributed by atoms with Crippen molar-refractivity contribution in [2.75, 3.05) is 19.6 Å². The van der Waals surface area contributed by atoms with Crippen molar-refractivity contribution in [2.45, 2.75) is 94.7 Å². The average molecular weight is 639 g/mol. The number of nitrogens with zero attached hydrogens (tertiary/aromatic N) is 2. The summed E-state index contributed by atoms with van der Waals surface area (Å²) in [5.74, 6) is 0.893. The Labute approximate surface area is 267 Å². The summed E-state index contributed by atoms with van der Waals surface area (Å²) in [4.78, 5) is 30.4. The molecule has 46 heavy (non-hydrogen) atoms. The fourth-order valence-electron chi connectivity index (χ4n) is 8.83. The minimum atomic E-state index is -4.44. The first-order valence-electron chi connectivity index (χ1n) is 16.5. The number of amides is 1. The Bertz CT molecular complexity index is 1570. The average Bonchev–Trinajstić information content (AvgIpc) is 3.74. The van der Waals surface area contributed by atoms with Crippen LogP contribution < -0.4 is 9.47 Å². The molecule has 3 fully saturated rings. The molecule has 7 nitrogen and oxygen atoms in total. The fourth-order valence-corrected chi connectivity index (χ4v) is 8.83. The van der Waals surface area contributed by atoms with Crippen molar-refractivity contribution in [1.82, 2.24) is 9.80 Å². The van der Waals surface area contributed by atoms with E-state index in [1.54, 1.807) is 12.1 Å². The van der Waals surface area contributed by atoms with Crippen LogP contribution in [0.25, 0.3) is 6.08 Å². The molecule has 1 amide bonds. The van der Waals surface area contributed by atoms with Crippen molar-refractivity contribution >= 4 is 18.0 Å². The Morgan fingerprint density at radius 2 is 1.87 bits per heavy atom. The predicted octanol–water partition coefficient (Wildman–Crippen LogP) is 5.76. The number of alkyl halides is 3. The fraction of sp³-hybridized carbons (Fsp3) is 0.556. The minimum absolute atomic E-state index is 0.0826. The molecule has 2 bridgehead atoms. The molecule has 0 radical (unpaired) electrons. The van der Waals surface area contributed by atoms with E-state index < -0.39 is 34.8 Å². The molecule has 2 aliphatic heterocycles. The van der Waals surface area contributed by atoms with Gasteiger partial charge in [0.25, 0.3) is 0 Å². The highest BCUT2D eigenvalue weighted by atomic mass is 19.4. The van der Waals surface area contributed by atoms with E-state index in [2.05, 4.69) is 4.90 Å². The Morgan fingerprint density at radius 1 is 1.13 bits per heavy atom. The number of aliphatic hydroxyl groups is 1. The van der Waals surface area contributed by atoms with Crippen LogP contribution in [0.2, 0.25) is 0 Å². The van der Waals surface area contributed by atoms with Gasteiger partial charge in [-0.25, -0.2) is 0 Å². The van der Waals surface area contributed by atoms with Gasteiger partial charge in [-0.2, -0.15) is 13.2 Å². The lowest BCUT2D eigenvalue weighted by molar-refractivity contribution is -0.201. The third-order valence-corrected chi connectivity index (χ3v) is 10.9. The van der Waals surface area contributed by atoms with Crippen molar-refractivity contribution in [2.24, 2.45) is 11.8 Å². The third kappa shape index (κ3) is 5.03. The number of carbonyl (C=O) groups is 2. The number of piperidine rings is 1. The molecular weight excluding hydrogens is 597 g/mol. The Hall–Kier alpha value is -3.37. The normalized spacial score (nSPS) is 29.9. The Kier molecular flexibility index (Phi) is 7.55. The van der Waals surface area contributed by atoms with Gasteiger partial charge >= 0.3 is 12.1 Å². The quantitative estimate of drug-likeness (QED) is 0.225. The van der Waals surface area contributed by atoms with Crippen LogP contribution in [0, 0.1) is 11.8 Å². The largest absolute Gasteiger partial charge is 0.483 e. The maximum absolute atomic E-state index is 14.0. The zero-order valence-electron chi connectivity index (χ0n) is 26.5. The van der Waals surface area contributed by atoms with Crippen LogP contribution in [0.3, 0.4) is 0 Å². The van der Waals surface area contributed by atoms with Crippen molar-refractivity contribution in [1.29, 1.82) is 0 Å². The van der Waals surface area contributed by atoms with E-state index in [1.807, 2.05) is 24.8 Å². The van der Waals surface area contributed by atoms with E-state index in [9.17, 15) is 27.9 Å². The standard InChI is InChI=1S/C36H41F3N2O5/c1-21(2)19-41(30(43)13-8-23-6-10-26(11-7-23)36(37,38)39)27-14-15-35(44)29-18-25-9-12-28(45-22(3)42)32-31(25)34(35,33(27)46-32)16-17-40(29)20-24-4-5-24/h6-13,21,24,27,29,33,44H,4-5,14-20H2,1-3H3/b13-8+/t27?,29-,33?,34+,35-/m1/s1. The smallest absolute Gasteiger partial charge is 0.416 e. The molecular formula is C36H41F3N2O5. The third-order valence-electron chi connectivity index (χ3n) is 10.9. The van der Waals surface area contributed by atoms with Crippen molar-refractivity contribution in [3.05, 3.63) is 64.7 Å². The first-order valence-corrected chi connectivity index (χ1v) is 16.5. The van der Waals surface area contributed by atoms with Gasteiger partial charge in [0, 0.05) is 37.7 Å². The van der Waals surface area contributed by atoms with Gasteiger partial charge in [-0.3, -0.25) is 14.5 Å². The lowest BCUT2D eigenvalue weighted by atomic mass is 9.48. The summed E-state index contributed by atoms with van der Waals surface area (Å²) >= 11 is 0. The lowest BCUT2D eigenvalue weighted by Gasteiger charge is -2.65. The highest BCUT2D eigenvalue weighted by Gasteiger charge is 2.73. The van der Waals surface area contributed by atoms with Gasteiger partial charge in [-0.15, -0.1) is 0 Å². The molecule has 3 aliphatic carbocycles. The van der Waals surface area contributed by atoms with E-state index in [4.69, 9.17) is 9.47 Å². The Balaban J connectivity index is 1.26. The van der Waals surface area contributed by atoms with Crippen molar-refractivity contribution < 1.29 is 37.3 Å². The molecule has 0 aromatic heterocycles. The molecule has 246 valence electrons. The Morgan fingerprint density at radius 3 is 2.52 bits per heavy atom. The maximum Gasteiger partial charge on any atom is 0.416 e. The highest BCUT2D eigenvalue weighted by molar-refractivity contribution is 5.92. The summed E-state index contributed by atoms with van der Waals surface area (Å²) in [7, 11) is 0. The molecule has 2 aromatic carbocycles. The molecule has 2 heterocycles. The zero-order chi connectivity index (χ0) is 32.6. The summed E-state index contributed by atoms with van der Waals surface area (Å²) in [6, 6.07) is 8.05. The number of hydrogen-bond donors (Lipinski definition) is 1. The molecule has 1 N–H and O–H groups in total. The zero-order valence-corrected chi connectivity index (χ0v) is 26.5. The van der Waals surface area contributed by atoms with Crippen molar-refractivity contribution in [3.8, 4) is 11.5 Å². The molecule has 2 saturated carbocycles. The molecule has 10 heteroatoms. The van der Waals surface area contributed by atoms with Gasteiger partial charge in [-0.1, -0.05) is 32.0 Å². The topological polar surface area (TPSA) is 79.3 Å². The number of ether oxygens (including phenoxy) is 2. The van der Waals surface area contributed by atoms with E-state index >= 15 is 0 Å². The maximum atomic E-state index is 14.0. The molecule has 1 saturated heterocycles. The lowest BCUT2D eigenvalue weighted by Crippen LogP contribution is -2.78. The van der Waals surface area contributed by atoms with Gasteiger partial charge in [0.15, 0.2) is 11.5 Å². The number of benzene rings is 2. The van der Waals surface area contributed by atoms with Gasteiger partial charge in [0.2, 0.25) is 5.91 Å². The monoisotopic (exact) mass is 638 g/mol. The molecule has 5 aliphatic rings. The predicted molar refractivity (Wildman–Crippen MR) is 165 cm³/mol. The van der Waals surface area contributed by atoms with Crippen LogP contribution in [0.4, 0.5) is 13.2 Å². The molecule has 2 unspecified atom stereocenters. The SMILES string of the molecule is CC(=O)Oc1ccc2c3c1OC1C(N(CC(C)C)C(=O)/C=C/c4ccc(C(F)(F)F)cc4)CC[C@@]4(O)[C@@H](C2)N(CC2CC2)CC[C@]314. The van der Waals surface area contributed by atoms with Crippen LogP contribution >= 0.6 is 0 Å². The summed E-state index contributed by atoms with van der Waals surface area (Å²) in [5.41, 5.74) is -0.119. The second-order valence-corrected chi connectivity index (χ2v) is 14.3. The highest BCUT2D eigenvalue weighted by Crippen LogP contribution is 2.66. The summed E-state index contributed by atoms with van der Waals surface area (Å²) < 4.78 is 51.7. The van der Waals surface area contributed by atoms with Gasteiger partial charge in [0.05, 0.1) is 22.6 Å². The number of esters is 1. The van der Waals surface area contributed by atoms with E-state index in [0.29, 0.717) is 55.2 Å². The van der Waals surface area contributed by atoms with E-state index in [0.717, 1.165) is 36.3 Å².